The van der Waals surface area contributed by atoms with E-state index in [1.165, 1.54) is 0 Å². The fourth-order valence-corrected chi connectivity index (χ4v) is 4.24. The van der Waals surface area contributed by atoms with E-state index in [0.29, 0.717) is 36.7 Å². The maximum absolute atomic E-state index is 13.2. The van der Waals surface area contributed by atoms with Crippen LogP contribution in [0.4, 0.5) is 13.2 Å². The van der Waals surface area contributed by atoms with E-state index in [2.05, 4.69) is 9.97 Å². The molecule has 1 aromatic carbocycles. The van der Waals surface area contributed by atoms with E-state index in [4.69, 9.17) is 11.6 Å². The smallest absolute Gasteiger partial charge is 0.340 e. The Labute approximate surface area is 182 Å². The minimum atomic E-state index is -4.54. The number of H-pyrrole nitrogens is 1. The molecule has 1 fully saturated rings. The van der Waals surface area contributed by atoms with Crippen LogP contribution in [0.5, 0.6) is 0 Å². The molecular formula is C20H24ClF3N4O3. The minimum absolute atomic E-state index is 0.119. The summed E-state index contributed by atoms with van der Waals surface area (Å²) in [4.78, 5) is 32.9. The van der Waals surface area contributed by atoms with Crippen LogP contribution < -0.4 is 0 Å². The highest BCUT2D eigenvalue weighted by atomic mass is 35.5. The number of likely N-dealkylation sites (tertiary alicyclic amines) is 1. The van der Waals surface area contributed by atoms with Gasteiger partial charge in [-0.3, -0.25) is 14.8 Å². The van der Waals surface area contributed by atoms with Crippen LogP contribution in [0.15, 0.2) is 12.1 Å². The lowest BCUT2D eigenvalue weighted by Crippen LogP contribution is -2.40. The second-order valence-electron chi connectivity index (χ2n) is 7.73. The van der Waals surface area contributed by atoms with Gasteiger partial charge in [-0.25, -0.2) is 10.0 Å². The molecule has 0 aliphatic carbocycles. The number of hydrogen-bond acceptors (Lipinski definition) is 4. The molecule has 2 amide bonds. The second-order valence-corrected chi connectivity index (χ2v) is 8.14. The SMILES string of the molecule is CCCC[C@H](CN(O)C=O)C(=O)N1CCC[C@H]1c1nc2c(Cl)cc(C(F)(F)F)cc2[nH]1. The van der Waals surface area contributed by atoms with Crippen molar-refractivity contribution < 1.29 is 28.0 Å². The van der Waals surface area contributed by atoms with Crippen molar-refractivity contribution in [1.29, 1.82) is 0 Å². The molecule has 1 aliphatic rings. The summed E-state index contributed by atoms with van der Waals surface area (Å²) in [6.07, 6.45) is -0.888. The van der Waals surface area contributed by atoms with E-state index in [-0.39, 0.29) is 34.9 Å². The highest BCUT2D eigenvalue weighted by Gasteiger charge is 2.37. The van der Waals surface area contributed by atoms with Crippen LogP contribution in [0.25, 0.3) is 11.0 Å². The lowest BCUT2D eigenvalue weighted by atomic mass is 9.99. The van der Waals surface area contributed by atoms with Crippen LogP contribution in [0.2, 0.25) is 5.02 Å². The highest BCUT2D eigenvalue weighted by molar-refractivity contribution is 6.35. The predicted octanol–water partition coefficient (Wildman–Crippen LogP) is 4.55. The highest BCUT2D eigenvalue weighted by Crippen LogP contribution is 2.37. The Kier molecular flexibility index (Phi) is 7.10. The van der Waals surface area contributed by atoms with Crippen LogP contribution in [0.3, 0.4) is 0 Å². The topological polar surface area (TPSA) is 89.5 Å². The van der Waals surface area contributed by atoms with E-state index in [1.807, 2.05) is 6.92 Å². The zero-order valence-corrected chi connectivity index (χ0v) is 17.7. The molecule has 2 heterocycles. The number of unbranched alkanes of at least 4 members (excludes halogenated alkanes) is 1. The van der Waals surface area contributed by atoms with Crippen molar-refractivity contribution in [3.63, 3.8) is 0 Å². The molecule has 3 rings (SSSR count). The van der Waals surface area contributed by atoms with Gasteiger partial charge in [0.15, 0.2) is 0 Å². The number of hydroxylamine groups is 2. The Bertz CT molecular complexity index is 950. The predicted molar refractivity (Wildman–Crippen MR) is 107 cm³/mol. The van der Waals surface area contributed by atoms with Crippen molar-refractivity contribution in [3.05, 3.63) is 28.5 Å². The number of aromatic nitrogens is 2. The fourth-order valence-electron chi connectivity index (χ4n) is 3.98. The zero-order valence-electron chi connectivity index (χ0n) is 17.0. The number of nitrogens with zero attached hydrogens (tertiary/aromatic N) is 3. The van der Waals surface area contributed by atoms with Crippen molar-refractivity contribution in [2.45, 2.75) is 51.2 Å². The number of halogens is 4. The van der Waals surface area contributed by atoms with E-state index in [9.17, 15) is 28.0 Å². The molecule has 0 spiro atoms. The van der Waals surface area contributed by atoms with Crippen LogP contribution in [0, 0.1) is 5.92 Å². The largest absolute Gasteiger partial charge is 0.416 e. The Balaban J connectivity index is 1.89. The number of nitrogens with one attached hydrogen (secondary N) is 1. The van der Waals surface area contributed by atoms with Gasteiger partial charge in [-0.2, -0.15) is 13.2 Å². The first-order valence-electron chi connectivity index (χ1n) is 10.1. The Morgan fingerprint density at radius 1 is 1.48 bits per heavy atom. The standard InChI is InChI=1S/C20H24ClF3N4O3/c1-2-3-5-12(10-27(31)11-29)19(30)28-7-4-6-16(28)18-25-15-9-13(20(22,23)24)8-14(21)17(15)26-18/h8-9,11-12,16,31H,2-7,10H2,1H3,(H,25,26)/t12-,16+/m1/s1. The lowest BCUT2D eigenvalue weighted by molar-refractivity contribution is -0.157. The summed E-state index contributed by atoms with van der Waals surface area (Å²) in [5.74, 6) is -0.438. The molecular weight excluding hydrogens is 437 g/mol. The molecule has 0 bridgehead atoms. The van der Waals surface area contributed by atoms with Gasteiger partial charge in [-0.1, -0.05) is 31.4 Å². The van der Waals surface area contributed by atoms with Gasteiger partial charge in [0, 0.05) is 6.54 Å². The molecule has 1 aromatic heterocycles. The molecule has 0 unspecified atom stereocenters. The van der Waals surface area contributed by atoms with E-state index in [1.54, 1.807) is 4.90 Å². The molecule has 2 aromatic rings. The first-order valence-corrected chi connectivity index (χ1v) is 10.5. The van der Waals surface area contributed by atoms with Crippen LogP contribution in [-0.2, 0) is 15.8 Å². The van der Waals surface area contributed by atoms with Crippen molar-refractivity contribution in [2.75, 3.05) is 13.1 Å². The first-order chi connectivity index (χ1) is 14.7. The summed E-state index contributed by atoms with van der Waals surface area (Å²) in [7, 11) is 0. The Morgan fingerprint density at radius 3 is 2.87 bits per heavy atom. The Morgan fingerprint density at radius 2 is 2.23 bits per heavy atom. The van der Waals surface area contributed by atoms with Crippen LogP contribution >= 0.6 is 11.6 Å². The molecule has 0 saturated carbocycles. The van der Waals surface area contributed by atoms with Gasteiger partial charge in [0.2, 0.25) is 12.3 Å². The monoisotopic (exact) mass is 460 g/mol. The van der Waals surface area contributed by atoms with Gasteiger partial charge in [0.1, 0.15) is 11.3 Å². The molecule has 7 nitrogen and oxygen atoms in total. The lowest BCUT2D eigenvalue weighted by Gasteiger charge is -2.29. The minimum Gasteiger partial charge on any atom is -0.340 e. The first kappa shape index (κ1) is 23.3. The third kappa shape index (κ3) is 5.12. The van der Waals surface area contributed by atoms with Gasteiger partial charge in [-0.05, 0) is 31.4 Å². The fraction of sp³-hybridized carbons (Fsp3) is 0.550. The van der Waals surface area contributed by atoms with Crippen LogP contribution in [0.1, 0.15) is 56.5 Å². The van der Waals surface area contributed by atoms with Crippen molar-refractivity contribution in [3.8, 4) is 0 Å². The third-order valence-corrected chi connectivity index (χ3v) is 5.81. The number of alkyl halides is 3. The number of benzene rings is 1. The Hall–Kier alpha value is -2.33. The summed E-state index contributed by atoms with van der Waals surface area (Å²) in [5.41, 5.74) is -0.510. The quantitative estimate of drug-likeness (QED) is 0.343. The van der Waals surface area contributed by atoms with Gasteiger partial charge in [0.25, 0.3) is 0 Å². The van der Waals surface area contributed by atoms with E-state index < -0.39 is 23.7 Å². The number of carbonyl (C=O) groups is 2. The summed E-state index contributed by atoms with van der Waals surface area (Å²) in [5, 5.41) is 9.93. The summed E-state index contributed by atoms with van der Waals surface area (Å²) in [6, 6.07) is 1.34. The molecule has 11 heteroatoms. The van der Waals surface area contributed by atoms with Gasteiger partial charge < -0.3 is 9.88 Å². The van der Waals surface area contributed by atoms with E-state index >= 15 is 0 Å². The maximum atomic E-state index is 13.2. The molecule has 170 valence electrons. The van der Waals surface area contributed by atoms with E-state index in [0.717, 1.165) is 25.0 Å². The number of fused-ring (bicyclic) bond motifs is 1. The molecule has 2 N–H and O–H groups in total. The van der Waals surface area contributed by atoms with Gasteiger partial charge in [-0.15, -0.1) is 0 Å². The van der Waals surface area contributed by atoms with Crippen LogP contribution in [-0.4, -0.2) is 50.5 Å². The molecule has 1 saturated heterocycles. The third-order valence-electron chi connectivity index (χ3n) is 5.52. The second kappa shape index (κ2) is 9.44. The van der Waals surface area contributed by atoms with Crippen molar-refractivity contribution in [1.82, 2.24) is 19.9 Å². The number of hydrogen-bond donors (Lipinski definition) is 2. The number of rotatable bonds is 8. The number of imidazole rings is 1. The van der Waals surface area contributed by atoms with Gasteiger partial charge in [0.05, 0.1) is 34.6 Å². The molecule has 2 atom stereocenters. The molecule has 1 aliphatic heterocycles. The average Bonchev–Trinajstić information content (AvgIpc) is 3.36. The summed E-state index contributed by atoms with van der Waals surface area (Å²) >= 11 is 6.04. The molecule has 0 radical (unpaired) electrons. The van der Waals surface area contributed by atoms with Gasteiger partial charge >= 0.3 is 6.18 Å². The molecule has 31 heavy (non-hydrogen) atoms. The number of amides is 2. The van der Waals surface area contributed by atoms with Crippen molar-refractivity contribution >= 4 is 35.0 Å². The summed E-state index contributed by atoms with van der Waals surface area (Å²) in [6.45, 7) is 2.31. The zero-order chi connectivity index (χ0) is 22.8. The maximum Gasteiger partial charge on any atom is 0.416 e. The van der Waals surface area contributed by atoms with Crippen molar-refractivity contribution in [2.24, 2.45) is 5.92 Å². The average molecular weight is 461 g/mol. The summed E-state index contributed by atoms with van der Waals surface area (Å²) < 4.78 is 39.3. The normalized spacial score (nSPS) is 17.9. The number of aromatic amines is 1. The number of carbonyl (C=O) groups excluding carboxylic acids is 2.